The average Bonchev–Trinajstić information content (AvgIpc) is 2.54. The second-order valence-electron chi connectivity index (χ2n) is 5.57. The van der Waals surface area contributed by atoms with Crippen LogP contribution in [0.1, 0.15) is 22.8 Å². The molecule has 0 spiro atoms. The van der Waals surface area contributed by atoms with Crippen LogP contribution in [0.3, 0.4) is 0 Å². The molecule has 0 saturated heterocycles. The number of carbonyl (C=O) groups is 2. The molecule has 0 aliphatic rings. The van der Waals surface area contributed by atoms with Crippen molar-refractivity contribution >= 4 is 39.2 Å². The van der Waals surface area contributed by atoms with Crippen LogP contribution in [0.2, 0.25) is 5.02 Å². The van der Waals surface area contributed by atoms with Crippen LogP contribution in [0.15, 0.2) is 47.4 Å². The van der Waals surface area contributed by atoms with Crippen molar-refractivity contribution in [2.24, 2.45) is 5.73 Å². The Bertz CT molecular complexity index is 959. The Kier molecular flexibility index (Phi) is 5.89. The average molecular weight is 397 g/mol. The van der Waals surface area contributed by atoms with Crippen LogP contribution in [0, 0.1) is 6.92 Å². The summed E-state index contributed by atoms with van der Waals surface area (Å²) in [5.41, 5.74) is 6.12. The predicted molar refractivity (Wildman–Crippen MR) is 97.5 cm³/mol. The van der Waals surface area contributed by atoms with Crippen LogP contribution in [0.25, 0.3) is 0 Å². The fraction of sp³-hybridized carbons (Fsp3) is 0.176. The first kappa shape index (κ1) is 19.7. The van der Waals surface area contributed by atoms with Crippen molar-refractivity contribution in [3.8, 4) is 0 Å². The van der Waals surface area contributed by atoms with Crippen LogP contribution in [-0.2, 0) is 19.6 Å². The molecule has 26 heavy (non-hydrogen) atoms. The Balaban J connectivity index is 2.33. The summed E-state index contributed by atoms with van der Waals surface area (Å²) in [7, 11) is -3.96. The van der Waals surface area contributed by atoms with Gasteiger partial charge in [0.2, 0.25) is 0 Å². The molecule has 0 aromatic heterocycles. The van der Waals surface area contributed by atoms with Gasteiger partial charge < -0.3 is 10.5 Å². The number of ether oxygens (including phenoxy) is 1. The van der Waals surface area contributed by atoms with Gasteiger partial charge in [0.25, 0.3) is 15.9 Å². The number of benzene rings is 2. The lowest BCUT2D eigenvalue weighted by Crippen LogP contribution is -2.30. The summed E-state index contributed by atoms with van der Waals surface area (Å²) in [6, 6.07) is 10.4. The Morgan fingerprint density at radius 2 is 1.88 bits per heavy atom. The molecule has 0 radical (unpaired) electrons. The zero-order valence-corrected chi connectivity index (χ0v) is 15.6. The van der Waals surface area contributed by atoms with Crippen LogP contribution >= 0.6 is 11.6 Å². The molecule has 0 aliphatic carbocycles. The lowest BCUT2D eigenvalue weighted by molar-refractivity contribution is -0.125. The van der Waals surface area contributed by atoms with Gasteiger partial charge in [-0.25, -0.2) is 13.2 Å². The standard InChI is InChI=1S/C17H17ClN2O5S/c1-10-4-3-5-12(8-10)20-26(23,24)13-6-7-15(18)14(9-13)17(22)25-11(2)16(19)21/h3-9,11,20H,1-2H3,(H2,19,21)/t11-/m0/s1. The molecule has 138 valence electrons. The number of amides is 1. The summed E-state index contributed by atoms with van der Waals surface area (Å²) in [6.07, 6.45) is -1.18. The van der Waals surface area contributed by atoms with Crippen molar-refractivity contribution in [2.75, 3.05) is 4.72 Å². The molecule has 7 nitrogen and oxygen atoms in total. The first-order valence-corrected chi connectivity index (χ1v) is 9.35. The number of esters is 1. The summed E-state index contributed by atoms with van der Waals surface area (Å²) in [6.45, 7) is 3.13. The molecule has 9 heteroatoms. The molecule has 0 aliphatic heterocycles. The number of carbonyl (C=O) groups excluding carboxylic acids is 2. The molecule has 1 amide bonds. The van der Waals surface area contributed by atoms with E-state index in [1.807, 2.05) is 13.0 Å². The number of nitrogens with one attached hydrogen (secondary N) is 1. The highest BCUT2D eigenvalue weighted by Crippen LogP contribution is 2.24. The summed E-state index contributed by atoms with van der Waals surface area (Å²) >= 11 is 5.95. The predicted octanol–water partition coefficient (Wildman–Crippen LogP) is 2.48. The number of aryl methyl sites for hydroxylation is 1. The molecule has 0 saturated carbocycles. The lowest BCUT2D eigenvalue weighted by Gasteiger charge is -2.13. The van der Waals surface area contributed by atoms with Gasteiger partial charge in [0, 0.05) is 5.69 Å². The summed E-state index contributed by atoms with van der Waals surface area (Å²) < 4.78 is 32.4. The maximum Gasteiger partial charge on any atom is 0.340 e. The Hall–Kier alpha value is -2.58. The largest absolute Gasteiger partial charge is 0.449 e. The van der Waals surface area contributed by atoms with E-state index in [4.69, 9.17) is 22.1 Å². The van der Waals surface area contributed by atoms with E-state index in [1.54, 1.807) is 18.2 Å². The van der Waals surface area contributed by atoms with Gasteiger partial charge in [-0.2, -0.15) is 0 Å². The lowest BCUT2D eigenvalue weighted by atomic mass is 10.2. The molecular weight excluding hydrogens is 380 g/mol. The maximum absolute atomic E-state index is 12.5. The summed E-state index contributed by atoms with van der Waals surface area (Å²) in [5.74, 6) is -1.78. The SMILES string of the molecule is Cc1cccc(NS(=O)(=O)c2ccc(Cl)c(C(=O)O[C@@H](C)C(N)=O)c2)c1. The number of hydrogen-bond acceptors (Lipinski definition) is 5. The Morgan fingerprint density at radius 1 is 1.19 bits per heavy atom. The zero-order valence-electron chi connectivity index (χ0n) is 14.0. The van der Waals surface area contributed by atoms with E-state index in [-0.39, 0.29) is 15.5 Å². The third kappa shape index (κ3) is 4.74. The Labute approximate surface area is 156 Å². The van der Waals surface area contributed by atoms with Gasteiger partial charge in [0.15, 0.2) is 6.10 Å². The van der Waals surface area contributed by atoms with Crippen molar-refractivity contribution in [1.29, 1.82) is 0 Å². The highest BCUT2D eigenvalue weighted by molar-refractivity contribution is 7.92. The van der Waals surface area contributed by atoms with Crippen LogP contribution in [0.5, 0.6) is 0 Å². The van der Waals surface area contributed by atoms with Crippen molar-refractivity contribution < 1.29 is 22.7 Å². The number of sulfonamides is 1. The monoisotopic (exact) mass is 396 g/mol. The van der Waals surface area contributed by atoms with Gasteiger partial charge in [-0.1, -0.05) is 23.7 Å². The van der Waals surface area contributed by atoms with Crippen molar-refractivity contribution in [3.63, 3.8) is 0 Å². The number of hydrogen-bond donors (Lipinski definition) is 2. The minimum atomic E-state index is -3.96. The molecule has 0 fully saturated rings. The van der Waals surface area contributed by atoms with Gasteiger partial charge in [0.05, 0.1) is 15.5 Å². The highest BCUT2D eigenvalue weighted by Gasteiger charge is 2.22. The van der Waals surface area contributed by atoms with E-state index in [1.165, 1.54) is 19.1 Å². The maximum atomic E-state index is 12.5. The van der Waals surface area contributed by atoms with Gasteiger partial charge in [-0.05, 0) is 49.7 Å². The second kappa shape index (κ2) is 7.76. The van der Waals surface area contributed by atoms with E-state index in [2.05, 4.69) is 4.72 Å². The van der Waals surface area contributed by atoms with E-state index in [0.717, 1.165) is 11.6 Å². The van der Waals surface area contributed by atoms with Crippen molar-refractivity contribution in [3.05, 3.63) is 58.6 Å². The second-order valence-corrected chi connectivity index (χ2v) is 7.66. The van der Waals surface area contributed by atoms with Crippen molar-refractivity contribution in [2.45, 2.75) is 24.8 Å². The zero-order chi connectivity index (χ0) is 19.5. The number of primary amides is 1. The number of anilines is 1. The van der Waals surface area contributed by atoms with E-state index < -0.39 is 28.0 Å². The topological polar surface area (TPSA) is 116 Å². The number of rotatable bonds is 6. The number of nitrogens with two attached hydrogens (primary N) is 1. The van der Waals surface area contributed by atoms with Gasteiger partial charge in [-0.15, -0.1) is 0 Å². The van der Waals surface area contributed by atoms with Crippen LogP contribution in [-0.4, -0.2) is 26.4 Å². The third-order valence-electron chi connectivity index (χ3n) is 3.42. The fourth-order valence-corrected chi connectivity index (χ4v) is 3.30. The molecule has 3 N–H and O–H groups in total. The molecule has 0 heterocycles. The highest BCUT2D eigenvalue weighted by atomic mass is 35.5. The molecule has 0 bridgehead atoms. The van der Waals surface area contributed by atoms with E-state index >= 15 is 0 Å². The molecule has 2 aromatic carbocycles. The third-order valence-corrected chi connectivity index (χ3v) is 5.13. The fourth-order valence-electron chi connectivity index (χ4n) is 2.03. The molecule has 0 unspecified atom stereocenters. The Morgan fingerprint density at radius 3 is 2.50 bits per heavy atom. The summed E-state index contributed by atoms with van der Waals surface area (Å²) in [4.78, 5) is 23.0. The van der Waals surface area contributed by atoms with Crippen molar-refractivity contribution in [1.82, 2.24) is 0 Å². The molecule has 1 atom stereocenters. The smallest absolute Gasteiger partial charge is 0.340 e. The van der Waals surface area contributed by atoms with E-state index in [9.17, 15) is 18.0 Å². The molecule has 2 rings (SSSR count). The molecular formula is C17H17ClN2O5S. The number of halogens is 1. The first-order chi connectivity index (χ1) is 12.1. The summed E-state index contributed by atoms with van der Waals surface area (Å²) in [5, 5.41) is -0.0128. The van der Waals surface area contributed by atoms with Gasteiger partial charge in [0.1, 0.15) is 0 Å². The quantitative estimate of drug-likeness (QED) is 0.727. The minimum absolute atomic E-state index is 0.0128. The van der Waals surface area contributed by atoms with Gasteiger partial charge in [-0.3, -0.25) is 9.52 Å². The minimum Gasteiger partial charge on any atom is -0.449 e. The normalized spacial score (nSPS) is 12.3. The van der Waals surface area contributed by atoms with E-state index in [0.29, 0.717) is 5.69 Å². The van der Waals surface area contributed by atoms with Crippen LogP contribution < -0.4 is 10.5 Å². The molecule has 2 aromatic rings. The first-order valence-electron chi connectivity index (χ1n) is 7.49. The van der Waals surface area contributed by atoms with Gasteiger partial charge >= 0.3 is 5.97 Å². The van der Waals surface area contributed by atoms with Crippen LogP contribution in [0.4, 0.5) is 5.69 Å².